The molecule has 0 aromatic carbocycles. The molecule has 0 saturated carbocycles. The maximum absolute atomic E-state index is 11.9. The summed E-state index contributed by atoms with van der Waals surface area (Å²) in [6, 6.07) is 3.93. The van der Waals surface area contributed by atoms with Crippen molar-refractivity contribution >= 4 is 28.8 Å². The Morgan fingerprint density at radius 2 is 2.11 bits per heavy atom. The molecule has 0 atom stereocenters. The first-order valence-corrected chi connectivity index (χ1v) is 7.68. The third-order valence-electron chi connectivity index (χ3n) is 3.15. The molecule has 2 heterocycles. The van der Waals surface area contributed by atoms with Crippen LogP contribution in [0.3, 0.4) is 0 Å². The molecule has 18 heavy (non-hydrogen) atoms. The highest BCUT2D eigenvalue weighted by Gasteiger charge is 2.15. The predicted molar refractivity (Wildman–Crippen MR) is 76.1 cm³/mol. The highest BCUT2D eigenvalue weighted by Crippen LogP contribution is 2.20. The lowest BCUT2D eigenvalue weighted by Crippen LogP contribution is -2.37. The van der Waals surface area contributed by atoms with Crippen LogP contribution in [0.4, 0.5) is 0 Å². The number of hydrogen-bond donors (Lipinski definition) is 1. The highest BCUT2D eigenvalue weighted by molar-refractivity contribution is 7.16. The number of amides is 1. The number of piperidine rings is 1. The molecular formula is C13H19ClN2OS. The van der Waals surface area contributed by atoms with Gasteiger partial charge in [-0.3, -0.25) is 4.79 Å². The van der Waals surface area contributed by atoms with E-state index >= 15 is 0 Å². The smallest absolute Gasteiger partial charge is 0.223 e. The summed E-state index contributed by atoms with van der Waals surface area (Å²) >= 11 is 7.44. The van der Waals surface area contributed by atoms with E-state index in [1.807, 2.05) is 17.0 Å². The quantitative estimate of drug-likeness (QED) is 0.844. The van der Waals surface area contributed by atoms with Crippen LogP contribution in [0, 0.1) is 0 Å². The summed E-state index contributed by atoms with van der Waals surface area (Å²) < 4.78 is 0.816. The number of likely N-dealkylation sites (tertiary alicyclic amines) is 1. The Bertz CT molecular complexity index is 388. The summed E-state index contributed by atoms with van der Waals surface area (Å²) in [5, 5.41) is 3.29. The van der Waals surface area contributed by atoms with Gasteiger partial charge in [0.25, 0.3) is 0 Å². The maximum Gasteiger partial charge on any atom is 0.223 e. The fourth-order valence-corrected chi connectivity index (χ4v) is 3.21. The molecule has 0 spiro atoms. The van der Waals surface area contributed by atoms with Crippen LogP contribution >= 0.6 is 22.9 Å². The van der Waals surface area contributed by atoms with Crippen molar-refractivity contribution in [1.29, 1.82) is 0 Å². The number of halogens is 1. The number of nitrogens with one attached hydrogen (secondary N) is 1. The Labute approximate surface area is 117 Å². The minimum Gasteiger partial charge on any atom is -0.343 e. The molecule has 1 saturated heterocycles. The zero-order chi connectivity index (χ0) is 12.8. The van der Waals surface area contributed by atoms with E-state index in [1.54, 1.807) is 11.3 Å². The van der Waals surface area contributed by atoms with Gasteiger partial charge in [-0.1, -0.05) is 11.6 Å². The van der Waals surface area contributed by atoms with Gasteiger partial charge in [-0.25, -0.2) is 0 Å². The van der Waals surface area contributed by atoms with Gasteiger partial charge in [-0.15, -0.1) is 11.3 Å². The predicted octanol–water partition coefficient (Wildman–Crippen LogP) is 2.89. The van der Waals surface area contributed by atoms with Gasteiger partial charge >= 0.3 is 0 Å². The van der Waals surface area contributed by atoms with Crippen LogP contribution in [0.15, 0.2) is 12.1 Å². The number of rotatable bonds is 5. The molecule has 0 radical (unpaired) electrons. The van der Waals surface area contributed by atoms with Crippen LogP contribution in [0.25, 0.3) is 0 Å². The average Bonchev–Trinajstić information content (AvgIpc) is 2.81. The molecule has 1 fully saturated rings. The normalized spacial score (nSPS) is 15.9. The van der Waals surface area contributed by atoms with E-state index < -0.39 is 0 Å². The molecule has 0 bridgehead atoms. The van der Waals surface area contributed by atoms with E-state index in [1.165, 1.54) is 11.3 Å². The molecule has 1 aromatic heterocycles. The monoisotopic (exact) mass is 286 g/mol. The van der Waals surface area contributed by atoms with Crippen LogP contribution in [0.5, 0.6) is 0 Å². The standard InChI is InChI=1S/C13H19ClN2OS/c14-12-5-4-11(18-12)10-15-7-6-13(17)16-8-2-1-3-9-16/h4-5,15H,1-3,6-10H2. The van der Waals surface area contributed by atoms with Crippen LogP contribution in [0.2, 0.25) is 4.34 Å². The number of hydrogen-bond acceptors (Lipinski definition) is 3. The number of carbonyl (C=O) groups excluding carboxylic acids is 1. The summed E-state index contributed by atoms with van der Waals surface area (Å²) in [6.07, 6.45) is 4.18. The summed E-state index contributed by atoms with van der Waals surface area (Å²) in [7, 11) is 0. The second-order valence-electron chi connectivity index (χ2n) is 4.57. The van der Waals surface area contributed by atoms with E-state index in [2.05, 4.69) is 5.32 Å². The minimum absolute atomic E-state index is 0.284. The Kier molecular flexibility index (Phi) is 5.47. The van der Waals surface area contributed by atoms with Crippen LogP contribution < -0.4 is 5.32 Å². The van der Waals surface area contributed by atoms with Crippen LogP contribution in [-0.2, 0) is 11.3 Å². The van der Waals surface area contributed by atoms with Crippen molar-refractivity contribution in [3.8, 4) is 0 Å². The first-order valence-electron chi connectivity index (χ1n) is 6.48. The third kappa shape index (κ3) is 4.26. The zero-order valence-corrected chi connectivity index (χ0v) is 12.0. The van der Waals surface area contributed by atoms with Gasteiger partial charge in [0, 0.05) is 37.5 Å². The SMILES string of the molecule is O=C(CCNCc1ccc(Cl)s1)N1CCCCC1. The Hall–Kier alpha value is -0.580. The molecule has 1 aliphatic rings. The summed E-state index contributed by atoms with van der Waals surface area (Å²) in [5.41, 5.74) is 0. The fraction of sp³-hybridized carbons (Fsp3) is 0.615. The molecule has 0 unspecified atom stereocenters. The molecule has 1 aromatic rings. The van der Waals surface area contributed by atoms with Gasteiger partial charge in [-0.2, -0.15) is 0 Å². The van der Waals surface area contributed by atoms with Crippen molar-refractivity contribution < 1.29 is 4.79 Å². The molecule has 3 nitrogen and oxygen atoms in total. The van der Waals surface area contributed by atoms with Gasteiger partial charge in [-0.05, 0) is 31.4 Å². The van der Waals surface area contributed by atoms with Gasteiger partial charge in [0.05, 0.1) is 4.34 Å². The second-order valence-corrected chi connectivity index (χ2v) is 6.37. The lowest BCUT2D eigenvalue weighted by molar-refractivity contribution is -0.131. The zero-order valence-electron chi connectivity index (χ0n) is 10.5. The molecule has 100 valence electrons. The van der Waals surface area contributed by atoms with Gasteiger partial charge in [0.2, 0.25) is 5.91 Å². The summed E-state index contributed by atoms with van der Waals surface area (Å²) in [6.45, 7) is 3.42. The first-order chi connectivity index (χ1) is 8.75. The van der Waals surface area contributed by atoms with E-state index in [0.717, 1.165) is 43.4 Å². The van der Waals surface area contributed by atoms with Gasteiger partial charge in [0.15, 0.2) is 0 Å². The fourth-order valence-electron chi connectivity index (χ4n) is 2.16. The molecule has 2 rings (SSSR count). The number of thiophene rings is 1. The molecule has 1 amide bonds. The van der Waals surface area contributed by atoms with Crippen molar-refractivity contribution in [2.45, 2.75) is 32.2 Å². The maximum atomic E-state index is 11.9. The molecular weight excluding hydrogens is 268 g/mol. The number of nitrogens with zero attached hydrogens (tertiary/aromatic N) is 1. The number of carbonyl (C=O) groups is 1. The molecule has 1 N–H and O–H groups in total. The highest BCUT2D eigenvalue weighted by atomic mass is 35.5. The van der Waals surface area contributed by atoms with E-state index in [-0.39, 0.29) is 5.91 Å². The molecule has 0 aliphatic carbocycles. The topological polar surface area (TPSA) is 32.3 Å². The average molecular weight is 287 g/mol. The van der Waals surface area contributed by atoms with Crippen LogP contribution in [0.1, 0.15) is 30.6 Å². The minimum atomic E-state index is 0.284. The van der Waals surface area contributed by atoms with E-state index in [4.69, 9.17) is 11.6 Å². The molecule has 1 aliphatic heterocycles. The van der Waals surface area contributed by atoms with Crippen molar-refractivity contribution in [3.63, 3.8) is 0 Å². The first kappa shape index (κ1) is 13.8. The van der Waals surface area contributed by atoms with Crippen molar-refractivity contribution in [2.24, 2.45) is 0 Å². The van der Waals surface area contributed by atoms with E-state index in [9.17, 15) is 4.79 Å². The van der Waals surface area contributed by atoms with Gasteiger partial charge in [0.1, 0.15) is 0 Å². The Morgan fingerprint density at radius 3 is 2.78 bits per heavy atom. The third-order valence-corrected chi connectivity index (χ3v) is 4.38. The summed E-state index contributed by atoms with van der Waals surface area (Å²) in [4.78, 5) is 15.1. The lowest BCUT2D eigenvalue weighted by Gasteiger charge is -2.26. The van der Waals surface area contributed by atoms with E-state index in [0.29, 0.717) is 6.42 Å². The van der Waals surface area contributed by atoms with Crippen LogP contribution in [-0.4, -0.2) is 30.4 Å². The van der Waals surface area contributed by atoms with Crippen molar-refractivity contribution in [2.75, 3.05) is 19.6 Å². The van der Waals surface area contributed by atoms with Crippen molar-refractivity contribution in [3.05, 3.63) is 21.3 Å². The Balaban J connectivity index is 1.61. The molecule has 5 heteroatoms. The second kappa shape index (κ2) is 7.12. The van der Waals surface area contributed by atoms with Gasteiger partial charge < -0.3 is 10.2 Å². The van der Waals surface area contributed by atoms with Crippen molar-refractivity contribution in [1.82, 2.24) is 10.2 Å². The summed E-state index contributed by atoms with van der Waals surface area (Å²) in [5.74, 6) is 0.284. The Morgan fingerprint density at radius 1 is 1.33 bits per heavy atom. The largest absolute Gasteiger partial charge is 0.343 e. The lowest BCUT2D eigenvalue weighted by atomic mass is 10.1.